The lowest BCUT2D eigenvalue weighted by Gasteiger charge is -2.11. The van der Waals surface area contributed by atoms with E-state index >= 15 is 0 Å². The Kier molecular flexibility index (Phi) is 4.07. The van der Waals surface area contributed by atoms with Crippen molar-refractivity contribution < 1.29 is 0 Å². The topological polar surface area (TPSA) is 42.7 Å². The highest BCUT2D eigenvalue weighted by Gasteiger charge is 2.11. The van der Waals surface area contributed by atoms with Crippen molar-refractivity contribution >= 4 is 0 Å². The molecule has 3 rings (SSSR count). The zero-order valence-corrected chi connectivity index (χ0v) is 12.0. The zero-order valence-electron chi connectivity index (χ0n) is 12.0. The van der Waals surface area contributed by atoms with Gasteiger partial charge >= 0.3 is 0 Å². The molecule has 4 nitrogen and oxygen atoms in total. The van der Waals surface area contributed by atoms with Gasteiger partial charge in [0.2, 0.25) is 0 Å². The van der Waals surface area contributed by atoms with Crippen molar-refractivity contribution in [2.75, 3.05) is 6.54 Å². The van der Waals surface area contributed by atoms with E-state index in [-0.39, 0.29) is 0 Å². The van der Waals surface area contributed by atoms with Crippen LogP contribution in [0.2, 0.25) is 0 Å². The van der Waals surface area contributed by atoms with Crippen LogP contribution in [-0.2, 0) is 6.54 Å². The summed E-state index contributed by atoms with van der Waals surface area (Å²) in [5, 5.41) is 11.7. The van der Waals surface area contributed by atoms with Crippen LogP contribution in [0.5, 0.6) is 0 Å². The van der Waals surface area contributed by atoms with Crippen LogP contribution in [0, 0.1) is 0 Å². The third-order valence-electron chi connectivity index (χ3n) is 3.41. The Morgan fingerprint density at radius 3 is 2.57 bits per heavy atom. The standard InChI is InChI=1S/C17H18N4/c1-2-18-12-14-8-6-7-11-16(14)17-13-19-20-21(17)15-9-4-3-5-10-15/h3-11,13,18H,2,12H2,1H3. The molecule has 0 aliphatic heterocycles. The highest BCUT2D eigenvalue weighted by Crippen LogP contribution is 2.25. The van der Waals surface area contributed by atoms with Crippen LogP contribution >= 0.6 is 0 Å². The van der Waals surface area contributed by atoms with Crippen molar-refractivity contribution in [1.29, 1.82) is 0 Å². The second-order valence-corrected chi connectivity index (χ2v) is 4.80. The van der Waals surface area contributed by atoms with E-state index in [0.29, 0.717) is 0 Å². The lowest BCUT2D eigenvalue weighted by molar-refractivity contribution is 0.726. The Hall–Kier alpha value is -2.46. The van der Waals surface area contributed by atoms with Gasteiger partial charge in [-0.2, -0.15) is 0 Å². The minimum Gasteiger partial charge on any atom is -0.313 e. The molecule has 0 unspecified atom stereocenters. The Bertz CT molecular complexity index is 704. The first-order valence-electron chi connectivity index (χ1n) is 7.15. The average Bonchev–Trinajstić information content (AvgIpc) is 3.03. The third kappa shape index (κ3) is 2.85. The summed E-state index contributed by atoms with van der Waals surface area (Å²) in [6, 6.07) is 18.4. The molecule has 1 heterocycles. The van der Waals surface area contributed by atoms with Crippen LogP contribution in [0.1, 0.15) is 12.5 Å². The van der Waals surface area contributed by atoms with Gasteiger partial charge in [-0.05, 0) is 24.2 Å². The minimum atomic E-state index is 0.840. The average molecular weight is 278 g/mol. The summed E-state index contributed by atoms with van der Waals surface area (Å²) in [5.74, 6) is 0. The van der Waals surface area contributed by atoms with Crippen LogP contribution in [0.4, 0.5) is 0 Å². The van der Waals surface area contributed by atoms with Crippen molar-refractivity contribution in [2.24, 2.45) is 0 Å². The van der Waals surface area contributed by atoms with Crippen molar-refractivity contribution in [2.45, 2.75) is 13.5 Å². The monoisotopic (exact) mass is 278 g/mol. The highest BCUT2D eigenvalue weighted by molar-refractivity contribution is 5.65. The molecule has 0 bridgehead atoms. The van der Waals surface area contributed by atoms with Crippen LogP contribution in [0.3, 0.4) is 0 Å². The number of nitrogens with zero attached hydrogens (tertiary/aromatic N) is 3. The first kappa shape index (κ1) is 13.5. The summed E-state index contributed by atoms with van der Waals surface area (Å²) in [6.07, 6.45) is 1.82. The van der Waals surface area contributed by atoms with E-state index < -0.39 is 0 Å². The van der Waals surface area contributed by atoms with E-state index in [1.54, 1.807) is 0 Å². The molecule has 0 atom stereocenters. The fourth-order valence-electron chi connectivity index (χ4n) is 2.36. The molecule has 106 valence electrons. The lowest BCUT2D eigenvalue weighted by atomic mass is 10.0. The van der Waals surface area contributed by atoms with Gasteiger partial charge in [-0.25, -0.2) is 4.68 Å². The molecule has 4 heteroatoms. The quantitative estimate of drug-likeness (QED) is 0.780. The molecule has 0 fully saturated rings. The van der Waals surface area contributed by atoms with Gasteiger partial charge in [0, 0.05) is 12.1 Å². The summed E-state index contributed by atoms with van der Waals surface area (Å²) in [7, 11) is 0. The van der Waals surface area contributed by atoms with Gasteiger partial charge < -0.3 is 5.32 Å². The molecule has 0 amide bonds. The summed E-state index contributed by atoms with van der Waals surface area (Å²) in [4.78, 5) is 0. The molecule has 2 aromatic carbocycles. The molecule has 0 saturated heterocycles. The maximum atomic E-state index is 4.23. The fraction of sp³-hybridized carbons (Fsp3) is 0.176. The number of hydrogen-bond acceptors (Lipinski definition) is 3. The van der Waals surface area contributed by atoms with Crippen molar-refractivity contribution in [3.63, 3.8) is 0 Å². The third-order valence-corrected chi connectivity index (χ3v) is 3.41. The summed E-state index contributed by atoms with van der Waals surface area (Å²) < 4.78 is 1.88. The molecule has 1 aromatic heterocycles. The minimum absolute atomic E-state index is 0.840. The number of para-hydroxylation sites is 1. The van der Waals surface area contributed by atoms with Gasteiger partial charge in [-0.15, -0.1) is 5.10 Å². The largest absolute Gasteiger partial charge is 0.313 e. The van der Waals surface area contributed by atoms with E-state index in [2.05, 4.69) is 40.8 Å². The number of aromatic nitrogens is 3. The molecule has 0 spiro atoms. The van der Waals surface area contributed by atoms with Crippen LogP contribution in [-0.4, -0.2) is 21.5 Å². The maximum absolute atomic E-state index is 4.23. The van der Waals surface area contributed by atoms with Crippen LogP contribution < -0.4 is 5.32 Å². The van der Waals surface area contributed by atoms with E-state index in [1.807, 2.05) is 47.3 Å². The van der Waals surface area contributed by atoms with Gasteiger partial charge in [-0.3, -0.25) is 0 Å². The first-order valence-corrected chi connectivity index (χ1v) is 7.15. The normalized spacial score (nSPS) is 10.7. The van der Waals surface area contributed by atoms with Gasteiger partial charge in [0.25, 0.3) is 0 Å². The summed E-state index contributed by atoms with van der Waals surface area (Å²) >= 11 is 0. The van der Waals surface area contributed by atoms with Crippen LogP contribution in [0.25, 0.3) is 16.9 Å². The fourth-order valence-corrected chi connectivity index (χ4v) is 2.36. The van der Waals surface area contributed by atoms with E-state index in [4.69, 9.17) is 0 Å². The van der Waals surface area contributed by atoms with E-state index in [0.717, 1.165) is 30.0 Å². The van der Waals surface area contributed by atoms with Crippen molar-refractivity contribution in [3.05, 3.63) is 66.4 Å². The SMILES string of the molecule is CCNCc1ccccc1-c1cnnn1-c1ccccc1. The number of nitrogens with one attached hydrogen (secondary N) is 1. The highest BCUT2D eigenvalue weighted by atomic mass is 15.4. The molecule has 0 aliphatic carbocycles. The van der Waals surface area contributed by atoms with Crippen molar-refractivity contribution in [3.8, 4) is 16.9 Å². The van der Waals surface area contributed by atoms with E-state index in [9.17, 15) is 0 Å². The maximum Gasteiger partial charge on any atom is 0.0947 e. The van der Waals surface area contributed by atoms with Gasteiger partial charge in [0.1, 0.15) is 0 Å². The number of rotatable bonds is 5. The molecule has 21 heavy (non-hydrogen) atoms. The molecular formula is C17H18N4. The Labute approximate surface area is 124 Å². The molecule has 0 aliphatic rings. The zero-order chi connectivity index (χ0) is 14.5. The Morgan fingerprint density at radius 1 is 1.00 bits per heavy atom. The second-order valence-electron chi connectivity index (χ2n) is 4.80. The number of benzene rings is 2. The molecule has 0 saturated carbocycles. The molecule has 0 radical (unpaired) electrons. The Balaban J connectivity index is 2.05. The van der Waals surface area contributed by atoms with Gasteiger partial charge in [0.05, 0.1) is 17.6 Å². The number of hydrogen-bond donors (Lipinski definition) is 1. The molecule has 1 N–H and O–H groups in total. The lowest BCUT2D eigenvalue weighted by Crippen LogP contribution is -2.13. The first-order chi connectivity index (χ1) is 10.4. The predicted octanol–water partition coefficient (Wildman–Crippen LogP) is 3.04. The van der Waals surface area contributed by atoms with Gasteiger partial charge in [-0.1, -0.05) is 54.6 Å². The van der Waals surface area contributed by atoms with E-state index in [1.165, 1.54) is 5.56 Å². The Morgan fingerprint density at radius 2 is 1.76 bits per heavy atom. The second kappa shape index (κ2) is 6.33. The smallest absolute Gasteiger partial charge is 0.0947 e. The summed E-state index contributed by atoms with van der Waals surface area (Å²) in [6.45, 7) is 3.90. The molecule has 3 aromatic rings. The van der Waals surface area contributed by atoms with Crippen LogP contribution in [0.15, 0.2) is 60.8 Å². The predicted molar refractivity (Wildman–Crippen MR) is 84.2 cm³/mol. The van der Waals surface area contributed by atoms with Gasteiger partial charge in [0.15, 0.2) is 0 Å². The van der Waals surface area contributed by atoms with Crippen molar-refractivity contribution in [1.82, 2.24) is 20.3 Å². The molecular weight excluding hydrogens is 260 g/mol. The summed E-state index contributed by atoms with van der Waals surface area (Å²) in [5.41, 5.74) is 4.43.